The van der Waals surface area contributed by atoms with Crippen LogP contribution in [0.4, 0.5) is 5.69 Å². The van der Waals surface area contributed by atoms with Gasteiger partial charge in [0.25, 0.3) is 10.0 Å². The quantitative estimate of drug-likeness (QED) is 0.779. The Morgan fingerprint density at radius 1 is 0.885 bits per heavy atom. The molecule has 8 heteroatoms. The molecule has 0 heterocycles. The summed E-state index contributed by atoms with van der Waals surface area (Å²) >= 11 is 0. The van der Waals surface area contributed by atoms with E-state index in [1.807, 2.05) is 6.92 Å². The van der Waals surface area contributed by atoms with E-state index in [-0.39, 0.29) is 15.8 Å². The van der Waals surface area contributed by atoms with Crippen molar-refractivity contribution in [1.82, 2.24) is 4.31 Å². The van der Waals surface area contributed by atoms with E-state index in [2.05, 4.69) is 4.72 Å². The zero-order valence-corrected chi connectivity index (χ0v) is 16.9. The lowest BCUT2D eigenvalue weighted by Gasteiger charge is -2.21. The molecule has 0 aliphatic heterocycles. The standard InChI is InChI=1S/C18H24N2O4S2/c1-5-15-6-10-17(11-7-15)25(21,22)19-16-8-12-18(13-9-16)26(23,24)20(4)14(2)3/h6-14,19H,5H2,1-4H3. The Morgan fingerprint density at radius 3 is 1.85 bits per heavy atom. The van der Waals surface area contributed by atoms with Crippen molar-refractivity contribution in [2.45, 2.75) is 43.0 Å². The third kappa shape index (κ3) is 4.44. The summed E-state index contributed by atoms with van der Waals surface area (Å²) in [5.74, 6) is 0. The Labute approximate surface area is 156 Å². The summed E-state index contributed by atoms with van der Waals surface area (Å²) in [6.45, 7) is 5.56. The van der Waals surface area contributed by atoms with Crippen LogP contribution in [0.25, 0.3) is 0 Å². The second kappa shape index (κ2) is 7.77. The summed E-state index contributed by atoms with van der Waals surface area (Å²) in [5.41, 5.74) is 1.35. The molecule has 2 aromatic carbocycles. The van der Waals surface area contributed by atoms with Gasteiger partial charge in [-0.25, -0.2) is 16.8 Å². The lowest BCUT2D eigenvalue weighted by molar-refractivity contribution is 0.410. The summed E-state index contributed by atoms with van der Waals surface area (Å²) in [7, 11) is -5.82. The molecule has 0 spiro atoms. The molecule has 26 heavy (non-hydrogen) atoms. The monoisotopic (exact) mass is 396 g/mol. The van der Waals surface area contributed by atoms with E-state index in [0.717, 1.165) is 12.0 Å². The molecule has 0 unspecified atom stereocenters. The van der Waals surface area contributed by atoms with E-state index in [0.29, 0.717) is 5.69 Å². The van der Waals surface area contributed by atoms with Crippen LogP contribution in [0, 0.1) is 0 Å². The summed E-state index contributed by atoms with van der Waals surface area (Å²) in [6.07, 6.45) is 0.828. The van der Waals surface area contributed by atoms with Crippen LogP contribution in [0.3, 0.4) is 0 Å². The summed E-state index contributed by atoms with van der Waals surface area (Å²) in [4.78, 5) is 0.273. The molecule has 0 saturated heterocycles. The second-order valence-corrected chi connectivity index (χ2v) is 9.92. The first-order valence-electron chi connectivity index (χ1n) is 8.28. The van der Waals surface area contributed by atoms with Crippen molar-refractivity contribution < 1.29 is 16.8 Å². The summed E-state index contributed by atoms with van der Waals surface area (Å²) < 4.78 is 53.5. The van der Waals surface area contributed by atoms with Crippen molar-refractivity contribution >= 4 is 25.7 Å². The Balaban J connectivity index is 2.23. The molecule has 0 aliphatic rings. The predicted octanol–water partition coefficient (Wildman–Crippen LogP) is 3.08. The van der Waals surface area contributed by atoms with Gasteiger partial charge in [-0.05, 0) is 62.2 Å². The third-order valence-corrected chi connectivity index (χ3v) is 7.60. The highest BCUT2D eigenvalue weighted by Gasteiger charge is 2.23. The van der Waals surface area contributed by atoms with E-state index >= 15 is 0 Å². The number of nitrogens with zero attached hydrogens (tertiary/aromatic N) is 1. The molecule has 0 radical (unpaired) electrons. The molecule has 0 aliphatic carbocycles. The number of benzene rings is 2. The van der Waals surface area contributed by atoms with Gasteiger partial charge in [0.2, 0.25) is 10.0 Å². The fraction of sp³-hybridized carbons (Fsp3) is 0.333. The van der Waals surface area contributed by atoms with Crippen molar-refractivity contribution in [3.8, 4) is 0 Å². The van der Waals surface area contributed by atoms with Gasteiger partial charge in [-0.15, -0.1) is 0 Å². The van der Waals surface area contributed by atoms with Crippen molar-refractivity contribution in [3.63, 3.8) is 0 Å². The van der Waals surface area contributed by atoms with E-state index < -0.39 is 20.0 Å². The smallest absolute Gasteiger partial charge is 0.261 e. The van der Waals surface area contributed by atoms with Crippen molar-refractivity contribution in [2.75, 3.05) is 11.8 Å². The normalized spacial score (nSPS) is 12.5. The second-order valence-electron chi connectivity index (χ2n) is 6.24. The van der Waals surface area contributed by atoms with Gasteiger partial charge < -0.3 is 0 Å². The van der Waals surface area contributed by atoms with Gasteiger partial charge in [-0.1, -0.05) is 19.1 Å². The third-order valence-electron chi connectivity index (χ3n) is 4.15. The molecule has 0 amide bonds. The molecule has 0 atom stereocenters. The van der Waals surface area contributed by atoms with Gasteiger partial charge in [-0.3, -0.25) is 4.72 Å². The van der Waals surface area contributed by atoms with Crippen LogP contribution in [-0.4, -0.2) is 34.2 Å². The minimum absolute atomic E-state index is 0.115. The first-order chi connectivity index (χ1) is 12.1. The van der Waals surface area contributed by atoms with Crippen molar-refractivity contribution in [3.05, 3.63) is 54.1 Å². The SMILES string of the molecule is CCc1ccc(S(=O)(=O)Nc2ccc(S(=O)(=O)N(C)C(C)C)cc2)cc1. The number of hydrogen-bond donors (Lipinski definition) is 1. The Kier molecular flexibility index (Phi) is 6.10. The number of sulfonamides is 2. The molecule has 0 saturated carbocycles. The van der Waals surface area contributed by atoms with Crippen LogP contribution >= 0.6 is 0 Å². The van der Waals surface area contributed by atoms with Gasteiger partial charge in [0.15, 0.2) is 0 Å². The van der Waals surface area contributed by atoms with Crippen LogP contribution in [0.5, 0.6) is 0 Å². The lowest BCUT2D eigenvalue weighted by atomic mass is 10.2. The van der Waals surface area contributed by atoms with E-state index in [9.17, 15) is 16.8 Å². The number of rotatable bonds is 7. The van der Waals surface area contributed by atoms with E-state index in [1.165, 1.54) is 35.6 Å². The summed E-state index contributed by atoms with van der Waals surface area (Å²) in [5, 5.41) is 0. The van der Waals surface area contributed by atoms with Gasteiger partial charge in [0.05, 0.1) is 9.79 Å². The van der Waals surface area contributed by atoms with Crippen LogP contribution in [0.2, 0.25) is 0 Å². The minimum Gasteiger partial charge on any atom is -0.280 e. The molecule has 142 valence electrons. The molecular weight excluding hydrogens is 372 g/mol. The largest absolute Gasteiger partial charge is 0.280 e. The van der Waals surface area contributed by atoms with Crippen LogP contribution in [0.15, 0.2) is 58.3 Å². The maximum atomic E-state index is 12.4. The van der Waals surface area contributed by atoms with Crippen LogP contribution in [0.1, 0.15) is 26.3 Å². The van der Waals surface area contributed by atoms with Crippen molar-refractivity contribution in [2.24, 2.45) is 0 Å². The molecular formula is C18H24N2O4S2. The topological polar surface area (TPSA) is 83.5 Å². The van der Waals surface area contributed by atoms with Crippen molar-refractivity contribution in [1.29, 1.82) is 0 Å². The Bertz CT molecular complexity index is 949. The van der Waals surface area contributed by atoms with Crippen LogP contribution in [-0.2, 0) is 26.5 Å². The molecule has 0 fully saturated rings. The number of nitrogens with one attached hydrogen (secondary N) is 1. The van der Waals surface area contributed by atoms with Gasteiger partial charge >= 0.3 is 0 Å². The Hall–Kier alpha value is -1.90. The average molecular weight is 397 g/mol. The highest BCUT2D eigenvalue weighted by atomic mass is 32.2. The van der Waals surface area contributed by atoms with Gasteiger partial charge in [0, 0.05) is 18.8 Å². The number of aryl methyl sites for hydroxylation is 1. The first-order valence-corrected chi connectivity index (χ1v) is 11.2. The van der Waals surface area contributed by atoms with Crippen LogP contribution < -0.4 is 4.72 Å². The zero-order chi connectivity index (χ0) is 19.5. The molecule has 1 N–H and O–H groups in total. The van der Waals surface area contributed by atoms with Gasteiger partial charge in [-0.2, -0.15) is 4.31 Å². The first kappa shape index (κ1) is 20.4. The maximum absolute atomic E-state index is 12.4. The lowest BCUT2D eigenvalue weighted by Crippen LogP contribution is -2.33. The molecule has 0 bridgehead atoms. The maximum Gasteiger partial charge on any atom is 0.261 e. The molecule has 2 aromatic rings. The molecule has 0 aromatic heterocycles. The number of hydrogen-bond acceptors (Lipinski definition) is 4. The molecule has 2 rings (SSSR count). The predicted molar refractivity (Wildman–Crippen MR) is 103 cm³/mol. The summed E-state index contributed by atoms with van der Waals surface area (Å²) in [6, 6.07) is 12.1. The minimum atomic E-state index is -3.73. The number of anilines is 1. The highest BCUT2D eigenvalue weighted by molar-refractivity contribution is 7.92. The molecule has 6 nitrogen and oxygen atoms in total. The van der Waals surface area contributed by atoms with E-state index in [4.69, 9.17) is 0 Å². The highest BCUT2D eigenvalue weighted by Crippen LogP contribution is 2.21. The fourth-order valence-corrected chi connectivity index (χ4v) is 4.68. The fourth-order valence-electron chi connectivity index (χ4n) is 2.26. The average Bonchev–Trinajstić information content (AvgIpc) is 2.61. The zero-order valence-electron chi connectivity index (χ0n) is 15.3. The van der Waals surface area contributed by atoms with E-state index in [1.54, 1.807) is 38.1 Å². The van der Waals surface area contributed by atoms with Gasteiger partial charge in [0.1, 0.15) is 0 Å². The Morgan fingerprint density at radius 2 is 1.38 bits per heavy atom.